The highest BCUT2D eigenvalue weighted by molar-refractivity contribution is 5.47. The van der Waals surface area contributed by atoms with Crippen molar-refractivity contribution in [1.29, 1.82) is 0 Å². The van der Waals surface area contributed by atoms with Gasteiger partial charge in [0.25, 0.3) is 0 Å². The summed E-state index contributed by atoms with van der Waals surface area (Å²) in [4.78, 5) is 0. The fourth-order valence-electron chi connectivity index (χ4n) is 2.18. The van der Waals surface area contributed by atoms with E-state index in [0.29, 0.717) is 13.2 Å². The van der Waals surface area contributed by atoms with Crippen LogP contribution in [0.15, 0.2) is 18.2 Å². The highest BCUT2D eigenvalue weighted by Gasteiger charge is 2.07. The number of nitrogen functional groups attached to an aromatic ring is 1. The van der Waals surface area contributed by atoms with Gasteiger partial charge in [0.05, 0.1) is 19.3 Å². The van der Waals surface area contributed by atoms with Gasteiger partial charge in [0.2, 0.25) is 0 Å². The van der Waals surface area contributed by atoms with E-state index in [1.165, 1.54) is 25.7 Å². The molecule has 0 radical (unpaired) electrons. The fraction of sp³-hybridized carbons (Fsp3) is 0.647. The molecule has 1 aromatic carbocycles. The van der Waals surface area contributed by atoms with Gasteiger partial charge in [-0.2, -0.15) is 0 Å². The summed E-state index contributed by atoms with van der Waals surface area (Å²) in [7, 11) is 0. The molecule has 0 spiro atoms. The third-order valence-corrected chi connectivity index (χ3v) is 3.37. The van der Waals surface area contributed by atoms with Crippen molar-refractivity contribution in [1.82, 2.24) is 0 Å². The van der Waals surface area contributed by atoms with Crippen LogP contribution in [0.1, 0.15) is 58.4 Å². The minimum absolute atomic E-state index is 0.280. The normalized spacial score (nSPS) is 12.3. The molecular formula is C17H29NO2. The molecule has 0 saturated heterocycles. The van der Waals surface area contributed by atoms with Crippen LogP contribution in [-0.2, 0) is 11.3 Å². The maximum Gasteiger partial charge on any atom is 0.124 e. The van der Waals surface area contributed by atoms with Gasteiger partial charge in [0.15, 0.2) is 0 Å². The molecule has 3 heteroatoms. The Kier molecular flexibility index (Phi) is 8.12. The Morgan fingerprint density at radius 1 is 1.15 bits per heavy atom. The molecule has 1 unspecified atom stereocenters. The van der Waals surface area contributed by atoms with E-state index >= 15 is 0 Å². The minimum atomic E-state index is 0.280. The van der Waals surface area contributed by atoms with Crippen molar-refractivity contribution in [2.24, 2.45) is 0 Å². The van der Waals surface area contributed by atoms with Gasteiger partial charge < -0.3 is 15.2 Å². The van der Waals surface area contributed by atoms with Gasteiger partial charge in [-0.3, -0.25) is 0 Å². The van der Waals surface area contributed by atoms with Crippen molar-refractivity contribution >= 4 is 5.69 Å². The number of hydrogen-bond donors (Lipinski definition) is 1. The second-order valence-electron chi connectivity index (χ2n) is 5.27. The Morgan fingerprint density at radius 3 is 2.65 bits per heavy atom. The SMILES string of the molecule is CCCCCCC(C)OCc1cc(N)ccc1OCC. The fourth-order valence-corrected chi connectivity index (χ4v) is 2.18. The number of anilines is 1. The van der Waals surface area contributed by atoms with Crippen LogP contribution in [0.25, 0.3) is 0 Å². The third-order valence-electron chi connectivity index (χ3n) is 3.37. The van der Waals surface area contributed by atoms with E-state index in [0.717, 1.165) is 23.4 Å². The standard InChI is InChI=1S/C17H29NO2/c1-4-6-7-8-9-14(3)20-13-15-12-16(18)10-11-17(15)19-5-2/h10-12,14H,4-9,13,18H2,1-3H3. The summed E-state index contributed by atoms with van der Waals surface area (Å²) in [5.41, 5.74) is 7.62. The maximum absolute atomic E-state index is 5.91. The summed E-state index contributed by atoms with van der Waals surface area (Å²) >= 11 is 0. The molecule has 20 heavy (non-hydrogen) atoms. The summed E-state index contributed by atoms with van der Waals surface area (Å²) in [6.45, 7) is 7.57. The zero-order valence-electron chi connectivity index (χ0n) is 13.2. The number of rotatable bonds is 10. The molecule has 1 rings (SSSR count). The Bertz CT molecular complexity index is 379. The molecule has 0 heterocycles. The van der Waals surface area contributed by atoms with E-state index in [9.17, 15) is 0 Å². The predicted octanol–water partition coefficient (Wildman–Crippen LogP) is 4.54. The first-order valence-electron chi connectivity index (χ1n) is 7.80. The van der Waals surface area contributed by atoms with Crippen LogP contribution in [0.2, 0.25) is 0 Å². The first kappa shape index (κ1) is 16.8. The average Bonchev–Trinajstić information content (AvgIpc) is 2.44. The highest BCUT2D eigenvalue weighted by Crippen LogP contribution is 2.23. The maximum atomic E-state index is 5.91. The van der Waals surface area contributed by atoms with Crippen molar-refractivity contribution in [2.45, 2.75) is 65.6 Å². The average molecular weight is 279 g/mol. The largest absolute Gasteiger partial charge is 0.494 e. The van der Waals surface area contributed by atoms with Crippen LogP contribution in [0.4, 0.5) is 5.69 Å². The molecular weight excluding hydrogens is 250 g/mol. The Hall–Kier alpha value is -1.22. The molecule has 0 aliphatic rings. The molecule has 0 fully saturated rings. The van der Waals surface area contributed by atoms with Crippen molar-refractivity contribution < 1.29 is 9.47 Å². The Labute approximate surface area is 123 Å². The van der Waals surface area contributed by atoms with E-state index in [1.807, 2.05) is 25.1 Å². The summed E-state index contributed by atoms with van der Waals surface area (Å²) in [5, 5.41) is 0. The zero-order valence-corrected chi connectivity index (χ0v) is 13.2. The molecule has 0 amide bonds. The van der Waals surface area contributed by atoms with Crippen LogP contribution >= 0.6 is 0 Å². The Balaban J connectivity index is 2.41. The quantitative estimate of drug-likeness (QED) is 0.505. The number of unbranched alkanes of at least 4 members (excludes halogenated alkanes) is 3. The lowest BCUT2D eigenvalue weighted by Gasteiger charge is -2.15. The Morgan fingerprint density at radius 2 is 1.95 bits per heavy atom. The summed E-state index contributed by atoms with van der Waals surface area (Å²) in [5.74, 6) is 0.875. The number of benzene rings is 1. The lowest BCUT2D eigenvalue weighted by molar-refractivity contribution is 0.0446. The lowest BCUT2D eigenvalue weighted by Crippen LogP contribution is -2.09. The number of nitrogens with two attached hydrogens (primary N) is 1. The van der Waals surface area contributed by atoms with Gasteiger partial charge in [-0.05, 0) is 38.5 Å². The van der Waals surface area contributed by atoms with E-state index in [-0.39, 0.29) is 6.10 Å². The monoisotopic (exact) mass is 279 g/mol. The van der Waals surface area contributed by atoms with E-state index in [4.69, 9.17) is 15.2 Å². The summed E-state index contributed by atoms with van der Waals surface area (Å²) < 4.78 is 11.5. The zero-order chi connectivity index (χ0) is 14.8. The lowest BCUT2D eigenvalue weighted by atomic mass is 10.1. The number of ether oxygens (including phenoxy) is 2. The molecule has 1 aromatic rings. The molecule has 0 saturated carbocycles. The molecule has 0 aliphatic carbocycles. The third kappa shape index (κ3) is 6.29. The highest BCUT2D eigenvalue weighted by atomic mass is 16.5. The second kappa shape index (κ2) is 9.65. The predicted molar refractivity (Wildman–Crippen MR) is 85.0 cm³/mol. The minimum Gasteiger partial charge on any atom is -0.494 e. The van der Waals surface area contributed by atoms with E-state index < -0.39 is 0 Å². The molecule has 114 valence electrons. The molecule has 0 bridgehead atoms. The van der Waals surface area contributed by atoms with Crippen LogP contribution in [-0.4, -0.2) is 12.7 Å². The topological polar surface area (TPSA) is 44.5 Å². The van der Waals surface area contributed by atoms with Gasteiger partial charge in [-0.25, -0.2) is 0 Å². The van der Waals surface area contributed by atoms with Gasteiger partial charge in [-0.15, -0.1) is 0 Å². The number of hydrogen-bond acceptors (Lipinski definition) is 3. The summed E-state index contributed by atoms with van der Waals surface area (Å²) in [6, 6.07) is 5.72. The van der Waals surface area contributed by atoms with Crippen molar-refractivity contribution in [3.63, 3.8) is 0 Å². The van der Waals surface area contributed by atoms with Gasteiger partial charge in [0.1, 0.15) is 5.75 Å². The molecule has 3 nitrogen and oxygen atoms in total. The van der Waals surface area contributed by atoms with Crippen LogP contribution in [0.3, 0.4) is 0 Å². The molecule has 0 aromatic heterocycles. The van der Waals surface area contributed by atoms with Crippen LogP contribution < -0.4 is 10.5 Å². The van der Waals surface area contributed by atoms with Crippen molar-refractivity contribution in [2.75, 3.05) is 12.3 Å². The molecule has 0 aliphatic heterocycles. The van der Waals surface area contributed by atoms with Crippen molar-refractivity contribution in [3.05, 3.63) is 23.8 Å². The first-order chi connectivity index (χ1) is 9.67. The first-order valence-corrected chi connectivity index (χ1v) is 7.80. The molecule has 1 atom stereocenters. The van der Waals surface area contributed by atoms with Gasteiger partial charge in [-0.1, -0.05) is 32.6 Å². The van der Waals surface area contributed by atoms with Crippen LogP contribution in [0.5, 0.6) is 5.75 Å². The van der Waals surface area contributed by atoms with E-state index in [2.05, 4.69) is 13.8 Å². The van der Waals surface area contributed by atoms with Crippen molar-refractivity contribution in [3.8, 4) is 5.75 Å². The smallest absolute Gasteiger partial charge is 0.124 e. The van der Waals surface area contributed by atoms with Gasteiger partial charge in [0, 0.05) is 11.3 Å². The second-order valence-corrected chi connectivity index (χ2v) is 5.27. The molecule has 2 N–H and O–H groups in total. The van der Waals surface area contributed by atoms with E-state index in [1.54, 1.807) is 0 Å². The van der Waals surface area contributed by atoms with Crippen LogP contribution in [0, 0.1) is 0 Å². The van der Waals surface area contributed by atoms with Gasteiger partial charge >= 0.3 is 0 Å². The summed E-state index contributed by atoms with van der Waals surface area (Å²) in [6.07, 6.45) is 6.53.